The first-order valence-electron chi connectivity index (χ1n) is 12.1. The van der Waals surface area contributed by atoms with Gasteiger partial charge in [0.1, 0.15) is 0 Å². The molecule has 8 nitrogen and oxygen atoms in total. The number of fused-ring (bicyclic) bond motifs is 1. The second-order valence-electron chi connectivity index (χ2n) is 9.22. The van der Waals surface area contributed by atoms with Gasteiger partial charge in [-0.25, -0.2) is 13.1 Å². The Morgan fingerprint density at radius 1 is 1.00 bits per heavy atom. The number of benzene rings is 2. The maximum Gasteiger partial charge on any atom is 0.240 e. The molecule has 35 heavy (non-hydrogen) atoms. The number of piperidine rings is 1. The third-order valence-electron chi connectivity index (χ3n) is 7.07. The highest BCUT2D eigenvalue weighted by Gasteiger charge is 2.42. The molecule has 2 aromatic rings. The van der Waals surface area contributed by atoms with E-state index in [-0.39, 0.29) is 35.6 Å². The number of aryl methyl sites for hydroxylation is 2. The molecule has 0 saturated carbocycles. The largest absolute Gasteiger partial charge is 0.326 e. The Balaban J connectivity index is 1.32. The van der Waals surface area contributed by atoms with E-state index in [1.165, 1.54) is 5.56 Å². The molecule has 0 spiro atoms. The molecule has 2 aromatic carbocycles. The lowest BCUT2D eigenvalue weighted by Gasteiger charge is -2.35. The third-order valence-corrected chi connectivity index (χ3v) is 8.52. The van der Waals surface area contributed by atoms with Crippen LogP contribution in [0.25, 0.3) is 0 Å². The van der Waals surface area contributed by atoms with Crippen LogP contribution in [-0.4, -0.2) is 32.7 Å². The Labute approximate surface area is 205 Å². The van der Waals surface area contributed by atoms with Crippen LogP contribution in [-0.2, 0) is 42.7 Å². The molecule has 1 aliphatic carbocycles. The van der Waals surface area contributed by atoms with Crippen molar-refractivity contribution < 1.29 is 22.8 Å². The van der Waals surface area contributed by atoms with Crippen LogP contribution in [0.2, 0.25) is 0 Å². The molecule has 3 N–H and O–H groups in total. The summed E-state index contributed by atoms with van der Waals surface area (Å²) in [6, 6.07) is 12.2. The lowest BCUT2D eigenvalue weighted by atomic mass is 9.72. The van der Waals surface area contributed by atoms with Gasteiger partial charge in [-0.2, -0.15) is 0 Å². The van der Waals surface area contributed by atoms with Gasteiger partial charge in [-0.1, -0.05) is 25.1 Å². The molecule has 1 atom stereocenters. The minimum absolute atomic E-state index is 0.0174. The summed E-state index contributed by atoms with van der Waals surface area (Å²) in [5.74, 6) is -0.874. The van der Waals surface area contributed by atoms with Gasteiger partial charge in [0.05, 0.1) is 10.3 Å². The van der Waals surface area contributed by atoms with Crippen molar-refractivity contribution in [3.8, 4) is 0 Å². The average Bonchev–Trinajstić information content (AvgIpc) is 2.84. The van der Waals surface area contributed by atoms with Crippen molar-refractivity contribution in [3.05, 3.63) is 59.2 Å². The number of hydrogen-bond acceptors (Lipinski definition) is 5. The highest BCUT2D eigenvalue weighted by Crippen LogP contribution is 2.36. The van der Waals surface area contributed by atoms with E-state index in [1.54, 1.807) is 36.4 Å². The molecular formula is C26H31N3O5S. The van der Waals surface area contributed by atoms with E-state index >= 15 is 0 Å². The fraction of sp³-hybridized carbons (Fsp3) is 0.423. The van der Waals surface area contributed by atoms with Gasteiger partial charge in [0.2, 0.25) is 27.7 Å². The highest BCUT2D eigenvalue weighted by molar-refractivity contribution is 7.89. The quantitative estimate of drug-likeness (QED) is 0.484. The molecule has 0 aromatic heterocycles. The molecule has 1 saturated heterocycles. The highest BCUT2D eigenvalue weighted by atomic mass is 32.2. The van der Waals surface area contributed by atoms with Gasteiger partial charge in [-0.3, -0.25) is 19.7 Å². The molecule has 0 bridgehead atoms. The van der Waals surface area contributed by atoms with Crippen LogP contribution < -0.4 is 15.4 Å². The maximum atomic E-state index is 12.7. The average molecular weight is 498 g/mol. The van der Waals surface area contributed by atoms with Crippen molar-refractivity contribution in [1.82, 2.24) is 10.0 Å². The number of hydrogen-bond donors (Lipinski definition) is 3. The molecule has 1 heterocycles. The first-order valence-corrected chi connectivity index (χ1v) is 13.6. The van der Waals surface area contributed by atoms with E-state index in [1.807, 2.05) is 13.0 Å². The van der Waals surface area contributed by atoms with Gasteiger partial charge in [0.25, 0.3) is 0 Å². The van der Waals surface area contributed by atoms with E-state index in [9.17, 15) is 22.8 Å². The SMILES string of the molecule is CC[C@]1(c2ccc(NC(=O)CCNS(=O)(=O)c3ccc4c(c3)CCCC4)cc2)CCC(=O)NC1=O. The maximum absolute atomic E-state index is 12.7. The minimum atomic E-state index is -3.69. The monoisotopic (exact) mass is 497 g/mol. The van der Waals surface area contributed by atoms with Crippen molar-refractivity contribution in [2.24, 2.45) is 0 Å². The Hall–Kier alpha value is -3.04. The molecule has 3 amide bonds. The Bertz CT molecular complexity index is 1240. The fourth-order valence-corrected chi connectivity index (χ4v) is 6.00. The number of imide groups is 1. The van der Waals surface area contributed by atoms with Crippen LogP contribution in [0, 0.1) is 0 Å². The van der Waals surface area contributed by atoms with Crippen molar-refractivity contribution in [1.29, 1.82) is 0 Å². The summed E-state index contributed by atoms with van der Waals surface area (Å²) >= 11 is 0. The number of carbonyl (C=O) groups is 3. The van der Waals surface area contributed by atoms with Crippen molar-refractivity contribution in [2.75, 3.05) is 11.9 Å². The number of carbonyl (C=O) groups excluding carboxylic acids is 3. The summed E-state index contributed by atoms with van der Waals surface area (Å²) in [6.07, 6.45) is 5.35. The summed E-state index contributed by atoms with van der Waals surface area (Å²) in [5.41, 5.74) is 2.88. The molecule has 9 heteroatoms. The van der Waals surface area contributed by atoms with Crippen LogP contribution in [0.1, 0.15) is 62.1 Å². The lowest BCUT2D eigenvalue weighted by Crippen LogP contribution is -2.51. The lowest BCUT2D eigenvalue weighted by molar-refractivity contribution is -0.138. The summed E-state index contributed by atoms with van der Waals surface area (Å²) in [6.45, 7) is 1.90. The van der Waals surface area contributed by atoms with E-state index in [2.05, 4.69) is 15.4 Å². The second-order valence-corrected chi connectivity index (χ2v) is 11.0. The predicted octanol–water partition coefficient (Wildman–Crippen LogP) is 2.96. The number of sulfonamides is 1. The van der Waals surface area contributed by atoms with E-state index in [4.69, 9.17) is 0 Å². The smallest absolute Gasteiger partial charge is 0.240 e. The minimum Gasteiger partial charge on any atom is -0.326 e. The number of anilines is 1. The fourth-order valence-electron chi connectivity index (χ4n) is 4.92. The van der Waals surface area contributed by atoms with Crippen molar-refractivity contribution >= 4 is 33.4 Å². The molecule has 2 aliphatic rings. The first kappa shape index (κ1) is 25.1. The van der Waals surface area contributed by atoms with Crippen LogP contribution in [0.15, 0.2) is 47.4 Å². The van der Waals surface area contributed by atoms with Gasteiger partial charge in [-0.05, 0) is 79.5 Å². The molecule has 1 aliphatic heterocycles. The first-order chi connectivity index (χ1) is 16.7. The number of nitrogens with one attached hydrogen (secondary N) is 3. The van der Waals surface area contributed by atoms with Gasteiger partial charge in [0.15, 0.2) is 0 Å². The molecule has 186 valence electrons. The second kappa shape index (κ2) is 10.3. The van der Waals surface area contributed by atoms with Crippen molar-refractivity contribution in [3.63, 3.8) is 0 Å². The molecule has 1 fully saturated rings. The third kappa shape index (κ3) is 5.46. The van der Waals surface area contributed by atoms with Gasteiger partial charge >= 0.3 is 0 Å². The van der Waals surface area contributed by atoms with Gasteiger partial charge in [0, 0.05) is 25.1 Å². The Morgan fingerprint density at radius 2 is 1.71 bits per heavy atom. The number of rotatable bonds is 8. The van der Waals surface area contributed by atoms with E-state index < -0.39 is 15.4 Å². The van der Waals surface area contributed by atoms with Gasteiger partial charge in [-0.15, -0.1) is 0 Å². The zero-order valence-corrected chi connectivity index (χ0v) is 20.7. The summed E-state index contributed by atoms with van der Waals surface area (Å²) in [7, 11) is -3.69. The Kier molecular flexibility index (Phi) is 7.37. The van der Waals surface area contributed by atoms with Crippen LogP contribution in [0.4, 0.5) is 5.69 Å². The molecule has 0 radical (unpaired) electrons. The zero-order valence-electron chi connectivity index (χ0n) is 19.9. The summed E-state index contributed by atoms with van der Waals surface area (Å²) in [4.78, 5) is 36.7. The predicted molar refractivity (Wildman–Crippen MR) is 132 cm³/mol. The van der Waals surface area contributed by atoms with Crippen LogP contribution in [0.3, 0.4) is 0 Å². The van der Waals surface area contributed by atoms with Crippen LogP contribution >= 0.6 is 0 Å². The summed E-state index contributed by atoms with van der Waals surface area (Å²) < 4.78 is 27.8. The normalized spacial score (nSPS) is 20.1. The van der Waals surface area contributed by atoms with Crippen molar-refractivity contribution in [2.45, 2.75) is 68.6 Å². The standard InChI is InChI=1S/C26H31N3O5S/c1-2-26(15-13-23(30)29-25(26)32)20-8-10-21(11-9-20)28-24(31)14-16-27-35(33,34)22-12-7-18-5-3-4-6-19(18)17-22/h7-12,17,27H,2-6,13-16H2,1H3,(H,28,31)(H,29,30,32)/t26-/m1/s1. The van der Waals surface area contributed by atoms with E-state index in [0.717, 1.165) is 36.8 Å². The zero-order chi connectivity index (χ0) is 25.1. The van der Waals surface area contributed by atoms with Crippen LogP contribution in [0.5, 0.6) is 0 Å². The van der Waals surface area contributed by atoms with E-state index in [0.29, 0.717) is 24.9 Å². The molecular weight excluding hydrogens is 466 g/mol. The van der Waals surface area contributed by atoms with Gasteiger partial charge < -0.3 is 5.32 Å². The number of amides is 3. The molecule has 0 unspecified atom stereocenters. The summed E-state index contributed by atoms with van der Waals surface area (Å²) in [5, 5.41) is 5.18. The molecule has 4 rings (SSSR count). The Morgan fingerprint density at radius 3 is 2.40 bits per heavy atom. The topological polar surface area (TPSA) is 121 Å².